The largest absolute Gasteiger partial charge is 0.508 e. The molecule has 3 aromatic rings. The standard InChI is InChI=1S/C42H52N8O15S/c1-23(45-42(64)65-22-25-6-3-2-4-7-25)37(59)44-20-33(53)46-29(14-16-35(56)57)38(60)50-32(21-51)41(63)49-31(19-27-8-5-17-66-27)40(62)48-30(18-24-9-11-26(52)12-10-24)39(61)47-28(36(43)58)13-15-34(54)55/h2-12,17,23,28-32,51-52H,13-16,18-22H2,1H3,(H2,43,58)(H,44,59)(H,45,64)(H,46,53)(H,47,61)(H,48,62)(H,49,63)(H,50,60)(H,54,55)(H,56,57)/t23-,28-,29-,30-,31-,32-/m0/s1. The Morgan fingerprint density at radius 1 is 0.621 bits per heavy atom. The molecule has 8 amide bonds. The van der Waals surface area contributed by atoms with Gasteiger partial charge in [0.25, 0.3) is 0 Å². The summed E-state index contributed by atoms with van der Waals surface area (Å²) in [5.74, 6) is -9.71. The first-order valence-electron chi connectivity index (χ1n) is 20.2. The van der Waals surface area contributed by atoms with Gasteiger partial charge in [-0.3, -0.25) is 43.2 Å². The number of phenolic OH excluding ortho intramolecular Hbond substituents is 1. The topological polar surface area (TPSA) is 371 Å². The Kier molecular flexibility index (Phi) is 21.5. The number of primary amides is 1. The molecular weight excluding hydrogens is 889 g/mol. The van der Waals surface area contributed by atoms with Crippen molar-refractivity contribution in [3.8, 4) is 5.75 Å². The van der Waals surface area contributed by atoms with Crippen molar-refractivity contribution in [2.45, 2.75) is 88.3 Å². The third-order valence-electron chi connectivity index (χ3n) is 9.41. The molecule has 356 valence electrons. The molecule has 0 aliphatic carbocycles. The van der Waals surface area contributed by atoms with Crippen LogP contribution in [0.5, 0.6) is 5.75 Å². The first kappa shape index (κ1) is 52.7. The predicted molar refractivity (Wildman–Crippen MR) is 232 cm³/mol. The van der Waals surface area contributed by atoms with Gasteiger partial charge in [0.15, 0.2) is 0 Å². The number of hydrogen-bond donors (Lipinski definition) is 12. The summed E-state index contributed by atoms with van der Waals surface area (Å²) < 4.78 is 5.07. The lowest BCUT2D eigenvalue weighted by Gasteiger charge is -2.26. The van der Waals surface area contributed by atoms with Crippen LogP contribution in [0.4, 0.5) is 4.79 Å². The lowest BCUT2D eigenvalue weighted by molar-refractivity contribution is -0.139. The van der Waals surface area contributed by atoms with Crippen molar-refractivity contribution in [2.75, 3.05) is 13.2 Å². The Labute approximate surface area is 381 Å². The maximum atomic E-state index is 14.0. The highest BCUT2D eigenvalue weighted by Gasteiger charge is 2.33. The fourth-order valence-corrected chi connectivity index (χ4v) is 6.61. The first-order chi connectivity index (χ1) is 31.3. The van der Waals surface area contributed by atoms with Crippen LogP contribution in [0.1, 0.15) is 48.6 Å². The normalized spacial score (nSPS) is 13.4. The number of rotatable bonds is 27. The number of aromatic hydroxyl groups is 1. The fraction of sp³-hybridized carbons (Fsp3) is 0.381. The van der Waals surface area contributed by atoms with Crippen LogP contribution in [0.2, 0.25) is 0 Å². The average Bonchev–Trinajstić information content (AvgIpc) is 3.80. The minimum atomic E-state index is -1.80. The van der Waals surface area contributed by atoms with E-state index >= 15 is 0 Å². The van der Waals surface area contributed by atoms with Crippen molar-refractivity contribution in [3.05, 3.63) is 88.1 Å². The molecule has 1 aromatic heterocycles. The summed E-state index contributed by atoms with van der Waals surface area (Å²) >= 11 is 1.21. The van der Waals surface area contributed by atoms with E-state index < -0.39 is 128 Å². The molecule has 1 heterocycles. The van der Waals surface area contributed by atoms with Crippen LogP contribution in [0.15, 0.2) is 72.1 Å². The molecule has 0 radical (unpaired) electrons. The second-order valence-electron chi connectivity index (χ2n) is 14.6. The van der Waals surface area contributed by atoms with Gasteiger partial charge in [-0.1, -0.05) is 48.5 Å². The Bertz CT molecular complexity index is 2160. The minimum Gasteiger partial charge on any atom is -0.508 e. The van der Waals surface area contributed by atoms with Gasteiger partial charge in [0.1, 0.15) is 48.6 Å². The Balaban J connectivity index is 1.72. The number of carbonyl (C=O) groups is 10. The van der Waals surface area contributed by atoms with Gasteiger partial charge in [0.2, 0.25) is 41.4 Å². The number of phenols is 1. The number of benzene rings is 2. The van der Waals surface area contributed by atoms with Crippen molar-refractivity contribution in [3.63, 3.8) is 0 Å². The van der Waals surface area contributed by atoms with E-state index in [1.807, 2.05) is 0 Å². The molecular formula is C42H52N8O15S. The number of ether oxygens (including phenoxy) is 1. The maximum absolute atomic E-state index is 14.0. The van der Waals surface area contributed by atoms with Crippen LogP contribution in [0.25, 0.3) is 0 Å². The molecule has 0 aliphatic heterocycles. The van der Waals surface area contributed by atoms with E-state index in [4.69, 9.17) is 15.6 Å². The number of aliphatic carboxylic acids is 2. The fourth-order valence-electron chi connectivity index (χ4n) is 5.86. The molecule has 0 bridgehead atoms. The van der Waals surface area contributed by atoms with Gasteiger partial charge in [-0.05, 0) is 54.5 Å². The molecule has 6 atom stereocenters. The Hall–Kier alpha value is -7.60. The summed E-state index contributed by atoms with van der Waals surface area (Å²) in [6.07, 6.45) is -3.37. The second-order valence-corrected chi connectivity index (χ2v) is 15.6. The zero-order valence-corrected chi connectivity index (χ0v) is 36.3. The van der Waals surface area contributed by atoms with Crippen LogP contribution < -0.4 is 43.0 Å². The zero-order valence-electron chi connectivity index (χ0n) is 35.5. The van der Waals surface area contributed by atoms with Gasteiger partial charge in [-0.25, -0.2) is 4.79 Å². The number of aliphatic hydroxyl groups is 1. The number of nitrogens with one attached hydrogen (secondary N) is 7. The number of nitrogens with two attached hydrogens (primary N) is 1. The highest BCUT2D eigenvalue weighted by atomic mass is 32.1. The summed E-state index contributed by atoms with van der Waals surface area (Å²) in [6, 6.07) is 8.55. The minimum absolute atomic E-state index is 0.0718. The van der Waals surface area contributed by atoms with Crippen molar-refractivity contribution in [2.24, 2.45) is 5.73 Å². The quantitative estimate of drug-likeness (QED) is 0.0405. The van der Waals surface area contributed by atoms with E-state index in [-0.39, 0.29) is 31.6 Å². The number of carbonyl (C=O) groups excluding carboxylic acids is 8. The summed E-state index contributed by atoms with van der Waals surface area (Å²) in [5, 5.41) is 56.4. The molecule has 3 rings (SSSR count). The molecule has 0 fully saturated rings. The van der Waals surface area contributed by atoms with Crippen LogP contribution in [0, 0.1) is 0 Å². The summed E-state index contributed by atoms with van der Waals surface area (Å²) in [7, 11) is 0. The molecule has 23 nitrogen and oxygen atoms in total. The SMILES string of the molecule is C[C@H](NC(=O)OCc1ccccc1)C(=O)NCC(=O)N[C@@H](CCC(=O)O)C(=O)N[C@@H](CO)C(=O)N[C@@H](Cc1cccs1)C(=O)N[C@@H](Cc1ccc(O)cc1)C(=O)N[C@@H](CCC(=O)O)C(N)=O. The first-order valence-corrected chi connectivity index (χ1v) is 21.1. The Morgan fingerprint density at radius 2 is 1.17 bits per heavy atom. The second kappa shape index (κ2) is 26.9. The van der Waals surface area contributed by atoms with Gasteiger partial charge in [-0.2, -0.15) is 0 Å². The summed E-state index contributed by atoms with van der Waals surface area (Å²) in [5.41, 5.74) is 6.52. The molecule has 0 unspecified atom stereocenters. The van der Waals surface area contributed by atoms with Crippen molar-refractivity contribution in [1.82, 2.24) is 37.2 Å². The molecule has 0 saturated heterocycles. The molecule has 66 heavy (non-hydrogen) atoms. The predicted octanol–water partition coefficient (Wildman–Crippen LogP) is -1.70. The third kappa shape index (κ3) is 19.0. The number of carboxylic acids is 2. The van der Waals surface area contributed by atoms with Gasteiger partial charge < -0.3 is 68.1 Å². The third-order valence-corrected chi connectivity index (χ3v) is 10.3. The molecule has 0 spiro atoms. The van der Waals surface area contributed by atoms with Crippen molar-refractivity contribution >= 4 is 70.7 Å². The number of aliphatic hydroxyl groups excluding tert-OH is 1. The van der Waals surface area contributed by atoms with Gasteiger partial charge in [0, 0.05) is 30.6 Å². The highest BCUT2D eigenvalue weighted by Crippen LogP contribution is 2.15. The van der Waals surface area contributed by atoms with E-state index in [0.717, 1.165) is 0 Å². The van der Waals surface area contributed by atoms with Crippen molar-refractivity contribution in [1.29, 1.82) is 0 Å². The molecule has 2 aromatic carbocycles. The van der Waals surface area contributed by atoms with E-state index in [0.29, 0.717) is 16.0 Å². The number of carboxylic acid groups (broad SMARTS) is 2. The lowest BCUT2D eigenvalue weighted by atomic mass is 10.0. The summed E-state index contributed by atoms with van der Waals surface area (Å²) in [4.78, 5) is 128. The van der Waals surface area contributed by atoms with Crippen LogP contribution in [-0.4, -0.2) is 129 Å². The Morgan fingerprint density at radius 3 is 1.73 bits per heavy atom. The van der Waals surface area contributed by atoms with Crippen LogP contribution in [0.3, 0.4) is 0 Å². The van der Waals surface area contributed by atoms with E-state index in [2.05, 4.69) is 37.2 Å². The van der Waals surface area contributed by atoms with Crippen molar-refractivity contribution < 1.29 is 73.1 Å². The molecule has 24 heteroatoms. The maximum Gasteiger partial charge on any atom is 0.408 e. The zero-order chi connectivity index (χ0) is 48.8. The molecule has 13 N–H and O–H groups in total. The molecule has 0 aliphatic rings. The number of alkyl carbamates (subject to hydrolysis) is 1. The summed E-state index contributed by atoms with van der Waals surface area (Å²) in [6.45, 7) is -0.551. The van der Waals surface area contributed by atoms with E-state index in [9.17, 15) is 63.3 Å². The smallest absolute Gasteiger partial charge is 0.408 e. The van der Waals surface area contributed by atoms with Gasteiger partial charge >= 0.3 is 18.0 Å². The van der Waals surface area contributed by atoms with Crippen LogP contribution >= 0.6 is 11.3 Å². The van der Waals surface area contributed by atoms with E-state index in [1.54, 1.807) is 47.8 Å². The highest BCUT2D eigenvalue weighted by molar-refractivity contribution is 7.09. The number of amides is 8. The lowest BCUT2D eigenvalue weighted by Crippen LogP contribution is -2.60. The van der Waals surface area contributed by atoms with Crippen LogP contribution in [-0.2, 0) is 67.3 Å². The molecule has 0 saturated carbocycles. The average molecular weight is 941 g/mol. The number of hydrogen-bond acceptors (Lipinski definition) is 14. The monoisotopic (exact) mass is 940 g/mol. The number of thiophene rings is 1. The van der Waals surface area contributed by atoms with Gasteiger partial charge in [-0.15, -0.1) is 11.3 Å². The van der Waals surface area contributed by atoms with E-state index in [1.165, 1.54) is 42.5 Å². The van der Waals surface area contributed by atoms with Gasteiger partial charge in [0.05, 0.1) is 13.2 Å².